The van der Waals surface area contributed by atoms with Gasteiger partial charge in [-0.2, -0.15) is 0 Å². The van der Waals surface area contributed by atoms with Crippen LogP contribution in [0, 0.1) is 24.4 Å². The molecule has 3 aromatic rings. The number of sulfonamides is 1. The first-order valence-electron chi connectivity index (χ1n) is 9.92. The zero-order valence-electron chi connectivity index (χ0n) is 17.4. The Morgan fingerprint density at radius 2 is 1.69 bits per heavy atom. The lowest BCUT2D eigenvalue weighted by atomic mass is 10.1. The van der Waals surface area contributed by atoms with Crippen molar-refractivity contribution in [1.82, 2.24) is 0 Å². The van der Waals surface area contributed by atoms with Crippen LogP contribution in [0.3, 0.4) is 0 Å². The molecule has 1 saturated carbocycles. The number of halogens is 3. The fourth-order valence-electron chi connectivity index (χ4n) is 3.40. The Morgan fingerprint density at radius 1 is 1.00 bits per heavy atom. The molecule has 5 nitrogen and oxygen atoms in total. The zero-order chi connectivity index (χ0) is 23.0. The highest BCUT2D eigenvalue weighted by atomic mass is 32.2. The standard InChI is InChI=1S/C23H21F3N2O3S/c1-14-8-11-19(17(24)12-14)27-22-21(26)18(25)13-20(31-2)23(22)28(15-6-4-3-5-7-15)32(29,30)16-9-10-16/h3-8,11-13,16,27H,9-10H2,1-2H3. The summed E-state index contributed by atoms with van der Waals surface area (Å²) in [4.78, 5) is 0. The van der Waals surface area contributed by atoms with Crippen LogP contribution in [0.4, 0.5) is 35.9 Å². The highest BCUT2D eigenvalue weighted by molar-refractivity contribution is 7.94. The molecule has 0 heterocycles. The Labute approximate surface area is 184 Å². The highest BCUT2D eigenvalue weighted by Crippen LogP contribution is 2.48. The molecule has 32 heavy (non-hydrogen) atoms. The summed E-state index contributed by atoms with van der Waals surface area (Å²) in [6, 6.07) is 13.0. The Bertz CT molecular complexity index is 1260. The molecule has 0 aromatic heterocycles. The molecule has 168 valence electrons. The third-order valence-corrected chi connectivity index (χ3v) is 7.37. The zero-order valence-corrected chi connectivity index (χ0v) is 18.2. The number of nitrogens with one attached hydrogen (secondary N) is 1. The van der Waals surface area contributed by atoms with Crippen LogP contribution < -0.4 is 14.4 Å². The third-order valence-electron chi connectivity index (χ3n) is 5.16. The molecule has 9 heteroatoms. The van der Waals surface area contributed by atoms with Crippen LogP contribution in [0.5, 0.6) is 5.75 Å². The van der Waals surface area contributed by atoms with Crippen molar-refractivity contribution in [3.8, 4) is 5.75 Å². The molecular formula is C23H21F3N2O3S. The number of para-hydroxylation sites is 1. The summed E-state index contributed by atoms with van der Waals surface area (Å²) in [6.45, 7) is 1.68. The van der Waals surface area contributed by atoms with Crippen molar-refractivity contribution in [3.05, 3.63) is 77.6 Å². The van der Waals surface area contributed by atoms with Crippen LogP contribution in [0.15, 0.2) is 54.6 Å². The number of methoxy groups -OCH3 is 1. The number of anilines is 4. The maximum absolute atomic E-state index is 15.1. The van der Waals surface area contributed by atoms with E-state index in [0.717, 1.165) is 10.4 Å². The SMILES string of the molecule is COc1cc(F)c(F)c(Nc2ccc(C)cc2F)c1N(c1ccccc1)S(=O)(=O)C1CC1. The van der Waals surface area contributed by atoms with E-state index in [1.54, 1.807) is 31.2 Å². The lowest BCUT2D eigenvalue weighted by molar-refractivity contribution is 0.408. The largest absolute Gasteiger partial charge is 0.494 e. The molecule has 4 rings (SSSR count). The summed E-state index contributed by atoms with van der Waals surface area (Å²) in [5, 5.41) is 1.89. The van der Waals surface area contributed by atoms with Gasteiger partial charge >= 0.3 is 0 Å². The molecule has 1 fully saturated rings. The molecule has 1 aliphatic rings. The van der Waals surface area contributed by atoms with Gasteiger partial charge in [0, 0.05) is 6.07 Å². The van der Waals surface area contributed by atoms with Crippen LogP contribution in [0.1, 0.15) is 18.4 Å². The number of ether oxygens (including phenoxy) is 1. The van der Waals surface area contributed by atoms with Crippen LogP contribution >= 0.6 is 0 Å². The second kappa shape index (κ2) is 8.38. The van der Waals surface area contributed by atoms with Gasteiger partial charge in [-0.15, -0.1) is 0 Å². The first kappa shape index (κ1) is 22.0. The van der Waals surface area contributed by atoms with Crippen LogP contribution in [0.25, 0.3) is 0 Å². The molecule has 0 saturated heterocycles. The number of aryl methyl sites for hydroxylation is 1. The van der Waals surface area contributed by atoms with E-state index < -0.39 is 38.4 Å². The molecule has 0 atom stereocenters. The van der Waals surface area contributed by atoms with Gasteiger partial charge in [0.05, 0.1) is 23.7 Å². The summed E-state index contributed by atoms with van der Waals surface area (Å²) in [5.74, 6) is -3.54. The van der Waals surface area contributed by atoms with E-state index in [0.29, 0.717) is 18.4 Å². The maximum Gasteiger partial charge on any atom is 0.242 e. The van der Waals surface area contributed by atoms with E-state index in [1.165, 1.54) is 31.4 Å². The molecular weight excluding hydrogens is 441 g/mol. The van der Waals surface area contributed by atoms with Crippen molar-refractivity contribution in [2.24, 2.45) is 0 Å². The second-order valence-corrected chi connectivity index (χ2v) is 9.61. The minimum atomic E-state index is -4.00. The predicted molar refractivity (Wildman–Crippen MR) is 118 cm³/mol. The number of rotatable bonds is 7. The van der Waals surface area contributed by atoms with E-state index in [-0.39, 0.29) is 22.8 Å². The van der Waals surface area contributed by atoms with E-state index in [1.807, 2.05) is 0 Å². The van der Waals surface area contributed by atoms with Crippen molar-refractivity contribution in [2.45, 2.75) is 25.0 Å². The second-order valence-electron chi connectivity index (χ2n) is 7.55. The van der Waals surface area contributed by atoms with Crippen LogP contribution in [-0.4, -0.2) is 20.8 Å². The molecule has 1 N–H and O–H groups in total. The van der Waals surface area contributed by atoms with E-state index in [9.17, 15) is 17.2 Å². The Morgan fingerprint density at radius 3 is 2.28 bits per heavy atom. The summed E-state index contributed by atoms with van der Waals surface area (Å²) in [5.41, 5.74) is -0.0914. The van der Waals surface area contributed by atoms with Gasteiger partial charge in [-0.05, 0) is 49.6 Å². The van der Waals surface area contributed by atoms with Gasteiger partial charge in [0.1, 0.15) is 22.9 Å². The summed E-state index contributed by atoms with van der Waals surface area (Å²) < 4.78 is 77.2. The van der Waals surface area contributed by atoms with Gasteiger partial charge in [0.25, 0.3) is 0 Å². The number of hydrogen-bond acceptors (Lipinski definition) is 4. The average molecular weight is 462 g/mol. The first-order chi connectivity index (χ1) is 15.2. The van der Waals surface area contributed by atoms with Gasteiger partial charge in [-0.1, -0.05) is 24.3 Å². The molecule has 0 bridgehead atoms. The smallest absolute Gasteiger partial charge is 0.242 e. The summed E-state index contributed by atoms with van der Waals surface area (Å²) in [7, 11) is -2.78. The first-order valence-corrected chi connectivity index (χ1v) is 11.4. The van der Waals surface area contributed by atoms with Crippen molar-refractivity contribution < 1.29 is 26.3 Å². The molecule has 0 aliphatic heterocycles. The third kappa shape index (κ3) is 4.00. The van der Waals surface area contributed by atoms with E-state index >= 15 is 4.39 Å². The highest BCUT2D eigenvalue weighted by Gasteiger charge is 2.43. The van der Waals surface area contributed by atoms with Crippen molar-refractivity contribution in [1.29, 1.82) is 0 Å². The topological polar surface area (TPSA) is 58.6 Å². The van der Waals surface area contributed by atoms with Crippen molar-refractivity contribution in [3.63, 3.8) is 0 Å². The Kier molecular flexibility index (Phi) is 5.77. The molecule has 0 amide bonds. The van der Waals surface area contributed by atoms with E-state index in [4.69, 9.17) is 4.74 Å². The molecule has 3 aromatic carbocycles. The van der Waals surface area contributed by atoms with Crippen molar-refractivity contribution >= 4 is 32.8 Å². The fourth-order valence-corrected chi connectivity index (χ4v) is 5.28. The molecule has 1 aliphatic carbocycles. The number of benzene rings is 3. The molecule has 0 unspecified atom stereocenters. The van der Waals surface area contributed by atoms with Crippen molar-refractivity contribution in [2.75, 3.05) is 16.7 Å². The number of hydrogen-bond donors (Lipinski definition) is 1. The summed E-state index contributed by atoms with van der Waals surface area (Å²) >= 11 is 0. The number of nitrogens with zero attached hydrogens (tertiary/aromatic N) is 1. The van der Waals surface area contributed by atoms with Gasteiger partial charge < -0.3 is 10.1 Å². The maximum atomic E-state index is 15.1. The average Bonchev–Trinajstić information content (AvgIpc) is 3.61. The van der Waals surface area contributed by atoms with Gasteiger partial charge in [-0.25, -0.2) is 25.9 Å². The molecule has 0 spiro atoms. The lowest BCUT2D eigenvalue weighted by Gasteiger charge is -2.29. The van der Waals surface area contributed by atoms with Gasteiger partial charge in [0.15, 0.2) is 11.6 Å². The van der Waals surface area contributed by atoms with Gasteiger partial charge in [-0.3, -0.25) is 0 Å². The summed E-state index contributed by atoms with van der Waals surface area (Å²) in [6.07, 6.45) is 0.903. The van der Waals surface area contributed by atoms with Crippen LogP contribution in [-0.2, 0) is 10.0 Å². The quantitative estimate of drug-likeness (QED) is 0.483. The monoisotopic (exact) mass is 462 g/mol. The van der Waals surface area contributed by atoms with Gasteiger partial charge in [0.2, 0.25) is 10.0 Å². The Balaban J connectivity index is 1.99. The normalized spacial score (nSPS) is 13.7. The molecule has 0 radical (unpaired) electrons. The van der Waals surface area contributed by atoms with E-state index in [2.05, 4.69) is 5.32 Å². The minimum Gasteiger partial charge on any atom is -0.494 e. The predicted octanol–water partition coefficient (Wildman–Crippen LogP) is 5.79. The lowest BCUT2D eigenvalue weighted by Crippen LogP contribution is -2.30. The minimum absolute atomic E-state index is 0.139. The van der Waals surface area contributed by atoms with Crippen LogP contribution in [0.2, 0.25) is 0 Å². The fraction of sp³-hybridized carbons (Fsp3) is 0.217. The Hall–Kier alpha value is -3.20.